The molecule has 0 saturated carbocycles. The van der Waals surface area contributed by atoms with Crippen molar-refractivity contribution in [3.05, 3.63) is 30.3 Å². The molecular formula is C16H29NO2P2. The molecule has 0 saturated heterocycles. The van der Waals surface area contributed by atoms with Crippen LogP contribution < -0.4 is 4.44 Å². The molecule has 0 fully saturated rings. The standard InChI is InChI=1S/C16H29NO2P2/c1-7-18-21(19-8-2)17(16-12-10-9-11-13-16)20(14(3)4)15(5)6/h9-15H,7-8H2,1-6H3. The Balaban J connectivity index is 3.19. The number of benzene rings is 1. The highest BCUT2D eigenvalue weighted by atomic mass is 31.2. The number of nitrogens with zero attached hydrogens (tertiary/aromatic N) is 1. The molecule has 0 amide bonds. The van der Waals surface area contributed by atoms with Crippen molar-refractivity contribution >= 4 is 22.3 Å². The van der Waals surface area contributed by atoms with Crippen LogP contribution >= 0.6 is 16.6 Å². The molecule has 0 unspecified atom stereocenters. The summed E-state index contributed by atoms with van der Waals surface area (Å²) in [7, 11) is -1.41. The molecule has 0 aromatic heterocycles. The van der Waals surface area contributed by atoms with Gasteiger partial charge in [0, 0.05) is 13.8 Å². The van der Waals surface area contributed by atoms with E-state index in [1.165, 1.54) is 5.69 Å². The van der Waals surface area contributed by atoms with E-state index in [1.54, 1.807) is 0 Å². The van der Waals surface area contributed by atoms with E-state index in [0.29, 0.717) is 24.5 Å². The molecule has 0 aliphatic heterocycles. The molecule has 1 aromatic rings. The number of para-hydroxylation sites is 1. The lowest BCUT2D eigenvalue weighted by atomic mass is 10.3. The lowest BCUT2D eigenvalue weighted by Gasteiger charge is -2.41. The van der Waals surface area contributed by atoms with E-state index >= 15 is 0 Å². The van der Waals surface area contributed by atoms with Crippen LogP contribution in [0.2, 0.25) is 0 Å². The van der Waals surface area contributed by atoms with Crippen molar-refractivity contribution in [3.63, 3.8) is 0 Å². The Morgan fingerprint density at radius 2 is 1.38 bits per heavy atom. The molecule has 0 aliphatic carbocycles. The quantitative estimate of drug-likeness (QED) is 0.518. The van der Waals surface area contributed by atoms with Crippen molar-refractivity contribution in [2.75, 3.05) is 17.7 Å². The van der Waals surface area contributed by atoms with Crippen LogP contribution in [0.5, 0.6) is 0 Å². The maximum absolute atomic E-state index is 5.96. The summed E-state index contributed by atoms with van der Waals surface area (Å²) in [6.45, 7) is 14.6. The molecule has 0 N–H and O–H groups in total. The first-order chi connectivity index (χ1) is 10.0. The summed E-state index contributed by atoms with van der Waals surface area (Å²) in [6.07, 6.45) is 0. The van der Waals surface area contributed by atoms with Crippen molar-refractivity contribution in [2.24, 2.45) is 0 Å². The Kier molecular flexibility index (Phi) is 8.74. The van der Waals surface area contributed by atoms with Crippen LogP contribution in [-0.4, -0.2) is 24.5 Å². The Hall–Kier alpha value is -0.200. The Labute approximate surface area is 132 Å². The molecule has 21 heavy (non-hydrogen) atoms. The minimum Gasteiger partial charge on any atom is -0.318 e. The van der Waals surface area contributed by atoms with Crippen LogP contribution in [0.3, 0.4) is 0 Å². The lowest BCUT2D eigenvalue weighted by molar-refractivity contribution is 0.270. The summed E-state index contributed by atoms with van der Waals surface area (Å²) < 4.78 is 14.4. The third-order valence-corrected chi connectivity index (χ3v) is 8.24. The highest BCUT2D eigenvalue weighted by molar-refractivity contribution is 7.74. The molecule has 3 nitrogen and oxygen atoms in total. The molecule has 0 heterocycles. The summed E-state index contributed by atoms with van der Waals surface area (Å²) in [6, 6.07) is 10.5. The fraction of sp³-hybridized carbons (Fsp3) is 0.625. The number of hydrogen-bond donors (Lipinski definition) is 0. The molecule has 5 heteroatoms. The fourth-order valence-electron chi connectivity index (χ4n) is 2.27. The molecule has 0 atom stereocenters. The van der Waals surface area contributed by atoms with Crippen molar-refractivity contribution < 1.29 is 9.05 Å². The summed E-state index contributed by atoms with van der Waals surface area (Å²) >= 11 is 0. The minimum atomic E-state index is -1.04. The second-order valence-corrected chi connectivity index (χ2v) is 10.2. The number of rotatable bonds is 9. The third kappa shape index (κ3) is 5.49. The minimum absolute atomic E-state index is 0.369. The van der Waals surface area contributed by atoms with E-state index in [0.717, 1.165) is 0 Å². The van der Waals surface area contributed by atoms with E-state index in [9.17, 15) is 0 Å². The molecule has 0 radical (unpaired) electrons. The third-order valence-electron chi connectivity index (χ3n) is 2.90. The van der Waals surface area contributed by atoms with Crippen molar-refractivity contribution in [1.82, 2.24) is 0 Å². The van der Waals surface area contributed by atoms with Gasteiger partial charge in [-0.2, -0.15) is 0 Å². The van der Waals surface area contributed by atoms with E-state index in [4.69, 9.17) is 9.05 Å². The van der Waals surface area contributed by atoms with E-state index < -0.39 is 8.53 Å². The van der Waals surface area contributed by atoms with E-state index in [1.807, 2.05) is 13.8 Å². The van der Waals surface area contributed by atoms with Crippen LogP contribution in [0.1, 0.15) is 41.5 Å². The average Bonchev–Trinajstić information content (AvgIpc) is 2.44. The molecule has 0 bridgehead atoms. The van der Waals surface area contributed by atoms with Gasteiger partial charge < -0.3 is 9.05 Å². The lowest BCUT2D eigenvalue weighted by Crippen LogP contribution is -2.22. The van der Waals surface area contributed by atoms with Gasteiger partial charge in [-0.15, -0.1) is 0 Å². The van der Waals surface area contributed by atoms with Gasteiger partial charge in [0.05, 0.1) is 13.2 Å². The molecule has 1 rings (SSSR count). The molecular weight excluding hydrogens is 300 g/mol. The smallest absolute Gasteiger partial charge is 0.293 e. The van der Waals surface area contributed by atoms with Gasteiger partial charge in [0.15, 0.2) is 0 Å². The first kappa shape index (κ1) is 18.8. The van der Waals surface area contributed by atoms with Crippen LogP contribution in [0, 0.1) is 0 Å². The van der Waals surface area contributed by atoms with E-state index in [2.05, 4.69) is 62.5 Å². The number of hydrogen-bond acceptors (Lipinski definition) is 3. The van der Waals surface area contributed by atoms with Gasteiger partial charge in [-0.3, -0.25) is 4.44 Å². The van der Waals surface area contributed by atoms with Crippen LogP contribution in [-0.2, 0) is 9.05 Å². The summed E-state index contributed by atoms with van der Waals surface area (Å²) in [5.41, 5.74) is 2.39. The van der Waals surface area contributed by atoms with Crippen LogP contribution in [0.4, 0.5) is 5.69 Å². The van der Waals surface area contributed by atoms with Crippen molar-refractivity contribution in [1.29, 1.82) is 0 Å². The maximum atomic E-state index is 5.96. The zero-order chi connectivity index (χ0) is 15.8. The average molecular weight is 329 g/mol. The predicted molar refractivity (Wildman–Crippen MR) is 96.3 cm³/mol. The Bertz CT molecular complexity index is 373. The van der Waals surface area contributed by atoms with Crippen LogP contribution in [0.25, 0.3) is 0 Å². The van der Waals surface area contributed by atoms with Gasteiger partial charge in [0.2, 0.25) is 0 Å². The van der Waals surface area contributed by atoms with Crippen LogP contribution in [0.15, 0.2) is 30.3 Å². The second-order valence-electron chi connectivity index (χ2n) is 5.27. The monoisotopic (exact) mass is 329 g/mol. The topological polar surface area (TPSA) is 21.7 Å². The maximum Gasteiger partial charge on any atom is 0.293 e. The van der Waals surface area contributed by atoms with Gasteiger partial charge >= 0.3 is 0 Å². The summed E-state index contributed by atoms with van der Waals surface area (Å²) in [4.78, 5) is 0. The second kappa shape index (κ2) is 9.74. The Morgan fingerprint density at radius 3 is 1.76 bits per heavy atom. The largest absolute Gasteiger partial charge is 0.318 e. The zero-order valence-electron chi connectivity index (χ0n) is 14.1. The number of anilines is 1. The molecule has 120 valence electrons. The Morgan fingerprint density at radius 1 is 0.905 bits per heavy atom. The first-order valence-corrected chi connectivity index (χ1v) is 10.3. The zero-order valence-corrected chi connectivity index (χ0v) is 15.9. The molecule has 1 aromatic carbocycles. The van der Waals surface area contributed by atoms with E-state index in [-0.39, 0.29) is 8.07 Å². The fourth-order valence-corrected chi connectivity index (χ4v) is 8.02. The van der Waals surface area contributed by atoms with Gasteiger partial charge in [-0.05, 0) is 37.3 Å². The van der Waals surface area contributed by atoms with Crippen molar-refractivity contribution in [3.8, 4) is 0 Å². The predicted octanol–water partition coefficient (Wildman–Crippen LogP) is 6.01. The molecule has 0 aliphatic rings. The van der Waals surface area contributed by atoms with Gasteiger partial charge in [0.1, 0.15) is 0 Å². The summed E-state index contributed by atoms with van der Waals surface area (Å²) in [5, 5.41) is 0. The first-order valence-electron chi connectivity index (χ1n) is 7.72. The molecule has 0 spiro atoms. The van der Waals surface area contributed by atoms with Gasteiger partial charge in [-0.1, -0.05) is 45.9 Å². The highest BCUT2D eigenvalue weighted by Gasteiger charge is 2.33. The SMILES string of the molecule is CCOP(OCC)N(c1ccccc1)P(C(C)C)C(C)C. The normalized spacial score (nSPS) is 11.9. The van der Waals surface area contributed by atoms with Gasteiger partial charge in [0.25, 0.3) is 8.53 Å². The van der Waals surface area contributed by atoms with Crippen molar-refractivity contribution in [2.45, 2.75) is 52.9 Å². The summed E-state index contributed by atoms with van der Waals surface area (Å²) in [5.74, 6) is 0. The highest BCUT2D eigenvalue weighted by Crippen LogP contribution is 2.63. The van der Waals surface area contributed by atoms with Gasteiger partial charge in [-0.25, -0.2) is 0 Å².